The van der Waals surface area contributed by atoms with Crippen molar-refractivity contribution in [3.05, 3.63) is 59.1 Å². The predicted molar refractivity (Wildman–Crippen MR) is 123 cm³/mol. The molecule has 1 amide bonds. The summed E-state index contributed by atoms with van der Waals surface area (Å²) in [6.07, 6.45) is 9.15. The molecule has 0 saturated heterocycles. The first-order chi connectivity index (χ1) is 14.2. The van der Waals surface area contributed by atoms with E-state index in [0.717, 1.165) is 29.2 Å². The minimum absolute atomic E-state index is 0.153. The first-order valence-electron chi connectivity index (χ1n) is 10.1. The van der Waals surface area contributed by atoms with Gasteiger partial charge >= 0.3 is 0 Å². The largest absolute Gasteiger partial charge is 0.494 e. The standard InChI is InChI=1S/C23H29ClN2O2S/c1-2-3-4-5-6-7-16-28-21-12-8-19(9-13-21)17-25-26-23(27)18-29-22-14-10-20(24)11-15-22/h8-15,17H,2-7,16,18H2,1H3,(H,26,27). The van der Waals surface area contributed by atoms with E-state index in [4.69, 9.17) is 16.3 Å². The number of benzene rings is 2. The van der Waals surface area contributed by atoms with Crippen LogP contribution in [0.25, 0.3) is 0 Å². The Hall–Kier alpha value is -1.98. The van der Waals surface area contributed by atoms with Crippen molar-refractivity contribution < 1.29 is 9.53 Å². The number of carbonyl (C=O) groups is 1. The van der Waals surface area contributed by atoms with E-state index in [9.17, 15) is 4.79 Å². The zero-order valence-electron chi connectivity index (χ0n) is 16.9. The Bertz CT molecular complexity index is 748. The molecule has 2 aromatic rings. The van der Waals surface area contributed by atoms with E-state index in [2.05, 4.69) is 17.5 Å². The molecule has 0 aliphatic heterocycles. The van der Waals surface area contributed by atoms with Gasteiger partial charge in [-0.15, -0.1) is 11.8 Å². The Labute approximate surface area is 183 Å². The van der Waals surface area contributed by atoms with Crippen LogP contribution in [0.3, 0.4) is 0 Å². The predicted octanol–water partition coefficient (Wildman–Crippen LogP) is 6.32. The van der Waals surface area contributed by atoms with Crippen molar-refractivity contribution >= 4 is 35.5 Å². The lowest BCUT2D eigenvalue weighted by Gasteiger charge is -2.06. The number of hydrogen-bond acceptors (Lipinski definition) is 4. The normalized spacial score (nSPS) is 11.0. The third-order valence-electron chi connectivity index (χ3n) is 4.23. The van der Waals surface area contributed by atoms with E-state index >= 15 is 0 Å². The molecule has 2 rings (SSSR count). The highest BCUT2D eigenvalue weighted by Gasteiger charge is 2.01. The molecule has 0 saturated carbocycles. The number of thioether (sulfide) groups is 1. The van der Waals surface area contributed by atoms with Gasteiger partial charge in [-0.3, -0.25) is 4.79 Å². The number of halogens is 1. The molecule has 0 atom stereocenters. The van der Waals surface area contributed by atoms with Crippen LogP contribution in [0.15, 0.2) is 58.5 Å². The molecule has 4 nitrogen and oxygen atoms in total. The minimum atomic E-state index is -0.153. The summed E-state index contributed by atoms with van der Waals surface area (Å²) < 4.78 is 5.77. The molecule has 0 heterocycles. The van der Waals surface area contributed by atoms with Gasteiger partial charge in [0, 0.05) is 9.92 Å². The Kier molecular flexibility index (Phi) is 11.3. The summed E-state index contributed by atoms with van der Waals surface area (Å²) in [5.41, 5.74) is 3.45. The Morgan fingerprint density at radius 1 is 1.03 bits per heavy atom. The summed E-state index contributed by atoms with van der Waals surface area (Å²) in [5.74, 6) is 1.00. The van der Waals surface area contributed by atoms with Crippen molar-refractivity contribution in [3.63, 3.8) is 0 Å². The van der Waals surface area contributed by atoms with Crippen LogP contribution in [0.5, 0.6) is 5.75 Å². The maximum absolute atomic E-state index is 11.9. The quantitative estimate of drug-likeness (QED) is 0.174. The van der Waals surface area contributed by atoms with Crippen molar-refractivity contribution in [3.8, 4) is 5.75 Å². The Morgan fingerprint density at radius 2 is 1.72 bits per heavy atom. The van der Waals surface area contributed by atoms with E-state index in [-0.39, 0.29) is 5.91 Å². The van der Waals surface area contributed by atoms with E-state index < -0.39 is 0 Å². The maximum Gasteiger partial charge on any atom is 0.250 e. The van der Waals surface area contributed by atoms with Gasteiger partial charge in [0.1, 0.15) is 5.75 Å². The van der Waals surface area contributed by atoms with Gasteiger partial charge in [0.15, 0.2) is 0 Å². The minimum Gasteiger partial charge on any atom is -0.494 e. The highest BCUT2D eigenvalue weighted by atomic mass is 35.5. The van der Waals surface area contributed by atoms with Crippen LogP contribution in [0.4, 0.5) is 0 Å². The summed E-state index contributed by atoms with van der Waals surface area (Å²) in [6, 6.07) is 15.1. The highest BCUT2D eigenvalue weighted by molar-refractivity contribution is 8.00. The van der Waals surface area contributed by atoms with Crippen molar-refractivity contribution in [1.82, 2.24) is 5.43 Å². The van der Waals surface area contributed by atoms with Crippen LogP contribution in [0, 0.1) is 0 Å². The number of amides is 1. The average molecular weight is 433 g/mol. The Balaban J connectivity index is 1.62. The van der Waals surface area contributed by atoms with Crippen LogP contribution in [-0.2, 0) is 4.79 Å². The van der Waals surface area contributed by atoms with Gasteiger partial charge in [-0.25, -0.2) is 5.43 Å². The van der Waals surface area contributed by atoms with Gasteiger partial charge < -0.3 is 4.74 Å². The number of rotatable bonds is 13. The van der Waals surface area contributed by atoms with Gasteiger partial charge in [-0.2, -0.15) is 5.10 Å². The molecule has 156 valence electrons. The molecule has 0 bridgehead atoms. The molecule has 2 aromatic carbocycles. The fraction of sp³-hybridized carbons (Fsp3) is 0.391. The molecule has 0 spiro atoms. The molecule has 29 heavy (non-hydrogen) atoms. The zero-order chi connectivity index (χ0) is 20.7. The molecule has 0 aromatic heterocycles. The fourth-order valence-corrected chi connectivity index (χ4v) is 3.43. The topological polar surface area (TPSA) is 50.7 Å². The Morgan fingerprint density at radius 3 is 2.45 bits per heavy atom. The highest BCUT2D eigenvalue weighted by Crippen LogP contribution is 2.20. The molecular weight excluding hydrogens is 404 g/mol. The SMILES string of the molecule is CCCCCCCCOc1ccc(C=NNC(=O)CSc2ccc(Cl)cc2)cc1. The monoisotopic (exact) mass is 432 g/mol. The third-order valence-corrected chi connectivity index (χ3v) is 5.50. The molecule has 6 heteroatoms. The second-order valence-electron chi connectivity index (χ2n) is 6.72. The first-order valence-corrected chi connectivity index (χ1v) is 11.5. The molecule has 0 fully saturated rings. The number of hydrogen-bond donors (Lipinski definition) is 1. The van der Waals surface area contributed by atoms with E-state index in [1.165, 1.54) is 43.9 Å². The molecule has 0 radical (unpaired) electrons. The van der Waals surface area contributed by atoms with Crippen LogP contribution in [-0.4, -0.2) is 24.5 Å². The molecule has 0 aliphatic rings. The number of hydrazone groups is 1. The third kappa shape index (κ3) is 10.4. The lowest BCUT2D eigenvalue weighted by Crippen LogP contribution is -2.19. The number of nitrogens with zero attached hydrogens (tertiary/aromatic N) is 1. The van der Waals surface area contributed by atoms with Gasteiger partial charge in [0.25, 0.3) is 0 Å². The zero-order valence-corrected chi connectivity index (χ0v) is 18.5. The summed E-state index contributed by atoms with van der Waals surface area (Å²) in [7, 11) is 0. The number of carbonyl (C=O) groups excluding carboxylic acids is 1. The lowest BCUT2D eigenvalue weighted by molar-refractivity contribution is -0.118. The number of ether oxygens (including phenoxy) is 1. The molecule has 0 unspecified atom stereocenters. The summed E-state index contributed by atoms with van der Waals surface area (Å²) in [4.78, 5) is 12.9. The summed E-state index contributed by atoms with van der Waals surface area (Å²) in [5, 5.41) is 4.69. The van der Waals surface area contributed by atoms with Crippen molar-refractivity contribution in [2.45, 2.75) is 50.3 Å². The van der Waals surface area contributed by atoms with E-state index in [1.807, 2.05) is 36.4 Å². The first kappa shape index (κ1) is 23.3. The molecular formula is C23H29ClN2O2S. The van der Waals surface area contributed by atoms with Crippen molar-refractivity contribution in [2.75, 3.05) is 12.4 Å². The van der Waals surface area contributed by atoms with Crippen molar-refractivity contribution in [2.24, 2.45) is 5.10 Å². The van der Waals surface area contributed by atoms with E-state index in [0.29, 0.717) is 10.8 Å². The number of nitrogens with one attached hydrogen (secondary N) is 1. The van der Waals surface area contributed by atoms with Crippen LogP contribution < -0.4 is 10.2 Å². The van der Waals surface area contributed by atoms with Crippen LogP contribution in [0.1, 0.15) is 51.0 Å². The van der Waals surface area contributed by atoms with Crippen molar-refractivity contribution in [1.29, 1.82) is 0 Å². The molecule has 0 aliphatic carbocycles. The molecule has 1 N–H and O–H groups in total. The van der Waals surface area contributed by atoms with Crippen LogP contribution in [0.2, 0.25) is 5.02 Å². The smallest absolute Gasteiger partial charge is 0.250 e. The number of unbranched alkanes of at least 4 members (excludes halogenated alkanes) is 5. The van der Waals surface area contributed by atoms with E-state index in [1.54, 1.807) is 18.3 Å². The van der Waals surface area contributed by atoms with Gasteiger partial charge in [0.05, 0.1) is 18.6 Å². The summed E-state index contributed by atoms with van der Waals surface area (Å²) >= 11 is 7.29. The summed E-state index contributed by atoms with van der Waals surface area (Å²) in [6.45, 7) is 2.98. The lowest BCUT2D eigenvalue weighted by atomic mass is 10.1. The van der Waals surface area contributed by atoms with Gasteiger partial charge in [-0.05, 0) is 60.5 Å². The second kappa shape index (κ2) is 14.1. The maximum atomic E-state index is 11.9. The second-order valence-corrected chi connectivity index (χ2v) is 8.21. The van der Waals surface area contributed by atoms with Gasteiger partial charge in [-0.1, -0.05) is 50.6 Å². The average Bonchev–Trinajstić information content (AvgIpc) is 2.74. The van der Waals surface area contributed by atoms with Gasteiger partial charge in [0.2, 0.25) is 5.91 Å². The fourth-order valence-electron chi connectivity index (χ4n) is 2.61. The van der Waals surface area contributed by atoms with Crippen LogP contribution >= 0.6 is 23.4 Å².